The minimum absolute atomic E-state index is 0.00686. The van der Waals surface area contributed by atoms with Gasteiger partial charge in [-0.05, 0) is 37.0 Å². The Morgan fingerprint density at radius 3 is 2.76 bits per heavy atom. The first kappa shape index (κ1) is 17.4. The van der Waals surface area contributed by atoms with E-state index in [2.05, 4.69) is 11.0 Å². The number of amides is 2. The maximum atomic E-state index is 13.0. The van der Waals surface area contributed by atoms with E-state index in [1.54, 1.807) is 43.3 Å². The number of nitriles is 1. The van der Waals surface area contributed by atoms with Crippen molar-refractivity contribution in [1.82, 2.24) is 14.7 Å². The molecule has 0 aliphatic carbocycles. The number of benzene rings is 1. The second-order valence-corrected chi connectivity index (χ2v) is 7.23. The summed E-state index contributed by atoms with van der Waals surface area (Å²) in [6, 6.07) is 9.12. The van der Waals surface area contributed by atoms with Crippen molar-refractivity contribution in [3.8, 4) is 6.07 Å². The minimum Gasteiger partial charge on any atom is -0.348 e. The van der Waals surface area contributed by atoms with Crippen LogP contribution < -0.4 is 0 Å². The van der Waals surface area contributed by atoms with Crippen molar-refractivity contribution in [2.24, 2.45) is 5.92 Å². The van der Waals surface area contributed by atoms with Crippen LogP contribution in [0.2, 0.25) is 0 Å². The van der Waals surface area contributed by atoms with Crippen LogP contribution in [0.15, 0.2) is 24.3 Å². The van der Waals surface area contributed by atoms with E-state index in [9.17, 15) is 9.59 Å². The van der Waals surface area contributed by atoms with Gasteiger partial charge in [0, 0.05) is 45.3 Å². The smallest absolute Gasteiger partial charge is 0.254 e. The van der Waals surface area contributed by atoms with Gasteiger partial charge in [-0.2, -0.15) is 5.26 Å². The first-order valence-corrected chi connectivity index (χ1v) is 8.71. The van der Waals surface area contributed by atoms with E-state index in [1.165, 1.54) is 0 Å². The van der Waals surface area contributed by atoms with Crippen molar-refractivity contribution < 1.29 is 9.59 Å². The predicted octanol–water partition coefficient (Wildman–Crippen LogP) is 1.18. The Kier molecular flexibility index (Phi) is 5.05. The van der Waals surface area contributed by atoms with Gasteiger partial charge >= 0.3 is 0 Å². The third-order valence-corrected chi connectivity index (χ3v) is 5.15. The fraction of sp³-hybridized carbons (Fsp3) is 0.526. The molecule has 2 bridgehead atoms. The number of piperidine rings is 1. The standard InChI is InChI=1S/C19H24N4O2/c1-21(2)18(24)13-22-10-15-6-7-17(12-22)23(11-15)19(25)16-5-3-4-14(8-16)9-20/h3-5,8,15,17H,6-7,10-13H2,1-2H3/t15-,17+/m1/s1. The summed E-state index contributed by atoms with van der Waals surface area (Å²) in [5.41, 5.74) is 1.08. The Balaban J connectivity index is 1.75. The second kappa shape index (κ2) is 7.24. The Bertz CT molecular complexity index is 710. The molecule has 2 amide bonds. The fourth-order valence-corrected chi connectivity index (χ4v) is 3.78. The summed E-state index contributed by atoms with van der Waals surface area (Å²) in [4.78, 5) is 30.8. The molecule has 6 nitrogen and oxygen atoms in total. The lowest BCUT2D eigenvalue weighted by molar-refractivity contribution is -0.129. The van der Waals surface area contributed by atoms with E-state index in [-0.39, 0.29) is 17.9 Å². The third kappa shape index (κ3) is 3.83. The van der Waals surface area contributed by atoms with E-state index >= 15 is 0 Å². The van der Waals surface area contributed by atoms with Crippen molar-refractivity contribution in [1.29, 1.82) is 5.26 Å². The van der Waals surface area contributed by atoms with Gasteiger partial charge in [0.05, 0.1) is 18.2 Å². The lowest BCUT2D eigenvalue weighted by Crippen LogP contribution is -2.47. The molecule has 0 spiro atoms. The van der Waals surface area contributed by atoms with Gasteiger partial charge in [0.15, 0.2) is 0 Å². The third-order valence-electron chi connectivity index (χ3n) is 5.15. The van der Waals surface area contributed by atoms with Crippen LogP contribution in [0.1, 0.15) is 28.8 Å². The highest BCUT2D eigenvalue weighted by atomic mass is 16.2. The van der Waals surface area contributed by atoms with Crippen LogP contribution in [0.25, 0.3) is 0 Å². The largest absolute Gasteiger partial charge is 0.348 e. The fourth-order valence-electron chi connectivity index (χ4n) is 3.78. The van der Waals surface area contributed by atoms with Gasteiger partial charge < -0.3 is 9.80 Å². The van der Waals surface area contributed by atoms with Gasteiger partial charge in [0.25, 0.3) is 5.91 Å². The molecule has 3 saturated heterocycles. The number of carbonyl (C=O) groups is 2. The highest BCUT2D eigenvalue weighted by molar-refractivity contribution is 5.95. The van der Waals surface area contributed by atoms with Crippen LogP contribution in [-0.2, 0) is 4.79 Å². The van der Waals surface area contributed by atoms with Crippen LogP contribution in [0, 0.1) is 17.2 Å². The Morgan fingerprint density at radius 2 is 2.04 bits per heavy atom. The zero-order valence-corrected chi connectivity index (χ0v) is 14.8. The molecule has 1 aromatic rings. The molecule has 0 N–H and O–H groups in total. The average Bonchev–Trinajstić information content (AvgIpc) is 2.91. The van der Waals surface area contributed by atoms with Crippen molar-refractivity contribution in [3.05, 3.63) is 35.4 Å². The normalized spacial score (nSPS) is 23.0. The van der Waals surface area contributed by atoms with Crippen molar-refractivity contribution >= 4 is 11.8 Å². The quantitative estimate of drug-likeness (QED) is 0.829. The summed E-state index contributed by atoms with van der Waals surface area (Å²) < 4.78 is 0. The summed E-state index contributed by atoms with van der Waals surface area (Å²) in [5.74, 6) is 0.491. The molecule has 4 rings (SSSR count). The lowest BCUT2D eigenvalue weighted by Gasteiger charge is -2.36. The van der Waals surface area contributed by atoms with Gasteiger partial charge in [-0.3, -0.25) is 14.5 Å². The molecule has 0 radical (unpaired) electrons. The van der Waals surface area contributed by atoms with E-state index in [1.807, 2.05) is 4.90 Å². The zero-order chi connectivity index (χ0) is 18.0. The molecule has 3 fully saturated rings. The first-order chi connectivity index (χ1) is 12.0. The van der Waals surface area contributed by atoms with Crippen molar-refractivity contribution in [2.75, 3.05) is 40.3 Å². The molecule has 0 saturated carbocycles. The molecule has 132 valence electrons. The van der Waals surface area contributed by atoms with Gasteiger partial charge in [-0.15, -0.1) is 0 Å². The van der Waals surface area contributed by atoms with E-state index < -0.39 is 0 Å². The average molecular weight is 340 g/mol. The van der Waals surface area contributed by atoms with E-state index in [0.29, 0.717) is 23.6 Å². The highest BCUT2D eigenvalue weighted by Crippen LogP contribution is 2.29. The Hall–Kier alpha value is -2.39. The molecule has 0 aromatic heterocycles. The number of likely N-dealkylation sites (N-methyl/N-ethyl adjacent to an activating group) is 1. The number of nitrogens with zero attached hydrogens (tertiary/aromatic N) is 4. The van der Waals surface area contributed by atoms with Gasteiger partial charge in [0.2, 0.25) is 5.91 Å². The number of hydrogen-bond donors (Lipinski definition) is 0. The minimum atomic E-state index is -0.00686. The Morgan fingerprint density at radius 1 is 1.24 bits per heavy atom. The van der Waals surface area contributed by atoms with Crippen LogP contribution in [0.5, 0.6) is 0 Å². The van der Waals surface area contributed by atoms with Gasteiger partial charge in [0.1, 0.15) is 0 Å². The number of carbonyl (C=O) groups excluding carboxylic acids is 2. The van der Waals surface area contributed by atoms with Crippen LogP contribution in [0.3, 0.4) is 0 Å². The molecule has 1 aromatic carbocycles. The molecule has 3 aliphatic rings. The maximum Gasteiger partial charge on any atom is 0.254 e. The maximum absolute atomic E-state index is 13.0. The van der Waals surface area contributed by atoms with Crippen molar-refractivity contribution in [3.63, 3.8) is 0 Å². The molecule has 2 atom stereocenters. The molecule has 3 heterocycles. The summed E-state index contributed by atoms with van der Waals surface area (Å²) in [6.07, 6.45) is 2.07. The summed E-state index contributed by atoms with van der Waals surface area (Å²) in [7, 11) is 3.54. The summed E-state index contributed by atoms with van der Waals surface area (Å²) in [5, 5.41) is 9.05. The molecule has 3 aliphatic heterocycles. The topological polar surface area (TPSA) is 67.7 Å². The predicted molar refractivity (Wildman–Crippen MR) is 93.8 cm³/mol. The number of hydrogen-bond acceptors (Lipinski definition) is 4. The monoisotopic (exact) mass is 340 g/mol. The molecular weight excluding hydrogens is 316 g/mol. The van der Waals surface area contributed by atoms with Gasteiger partial charge in [-0.25, -0.2) is 0 Å². The summed E-state index contributed by atoms with van der Waals surface area (Å²) in [6.45, 7) is 2.73. The van der Waals surface area contributed by atoms with Crippen LogP contribution in [-0.4, -0.2) is 72.8 Å². The van der Waals surface area contributed by atoms with E-state index in [0.717, 1.165) is 32.5 Å². The van der Waals surface area contributed by atoms with Gasteiger partial charge in [-0.1, -0.05) is 6.07 Å². The zero-order valence-electron chi connectivity index (χ0n) is 14.8. The molecule has 0 unspecified atom stereocenters. The first-order valence-electron chi connectivity index (χ1n) is 8.71. The second-order valence-electron chi connectivity index (χ2n) is 7.23. The Labute approximate surface area is 148 Å². The molecular formula is C19H24N4O2. The van der Waals surface area contributed by atoms with Crippen LogP contribution in [0.4, 0.5) is 0 Å². The molecule has 6 heteroatoms. The lowest BCUT2D eigenvalue weighted by atomic mass is 9.94. The highest BCUT2D eigenvalue weighted by Gasteiger charge is 2.37. The number of fused-ring (bicyclic) bond motifs is 4. The number of rotatable bonds is 3. The van der Waals surface area contributed by atoms with E-state index in [4.69, 9.17) is 5.26 Å². The SMILES string of the molecule is CN(C)C(=O)CN1C[C@H]2CC[C@@H](C1)N(C(=O)c1cccc(C#N)c1)C2. The summed E-state index contributed by atoms with van der Waals surface area (Å²) >= 11 is 0. The van der Waals surface area contributed by atoms with Crippen molar-refractivity contribution in [2.45, 2.75) is 18.9 Å². The molecule has 25 heavy (non-hydrogen) atoms. The van der Waals surface area contributed by atoms with Crippen LogP contribution >= 0.6 is 0 Å².